The molecule has 0 saturated carbocycles. The van der Waals surface area contributed by atoms with Gasteiger partial charge in [0, 0.05) is 12.0 Å². The van der Waals surface area contributed by atoms with Gasteiger partial charge in [0.2, 0.25) is 0 Å². The Bertz CT molecular complexity index is 434. The molecule has 94 valence electrons. The van der Waals surface area contributed by atoms with Gasteiger partial charge in [-0.05, 0) is 50.7 Å². The van der Waals surface area contributed by atoms with Gasteiger partial charge in [-0.25, -0.2) is 0 Å². The van der Waals surface area contributed by atoms with E-state index in [0.29, 0.717) is 12.0 Å². The molecule has 0 heterocycles. The van der Waals surface area contributed by atoms with Gasteiger partial charge in [-0.3, -0.25) is 9.59 Å². The zero-order valence-corrected chi connectivity index (χ0v) is 11.7. The van der Waals surface area contributed by atoms with Crippen LogP contribution in [0.4, 0.5) is 0 Å². The maximum atomic E-state index is 12.2. The van der Waals surface area contributed by atoms with Crippen LogP contribution in [0.1, 0.15) is 54.4 Å². The van der Waals surface area contributed by atoms with E-state index < -0.39 is 0 Å². The summed E-state index contributed by atoms with van der Waals surface area (Å²) in [6, 6.07) is 0. The summed E-state index contributed by atoms with van der Waals surface area (Å²) in [5.74, 6) is 0.220. The molecule has 0 aromatic heterocycles. The molecule has 0 aliphatic heterocycles. The molecule has 0 atom stereocenters. The zero-order chi connectivity index (χ0) is 13.4. The Morgan fingerprint density at radius 1 is 1.12 bits per heavy atom. The Hall–Kier alpha value is -1.18. The highest BCUT2D eigenvalue weighted by molar-refractivity contribution is 6.04. The maximum absolute atomic E-state index is 12.2. The minimum atomic E-state index is 0.0421. The van der Waals surface area contributed by atoms with Gasteiger partial charge in [-0.1, -0.05) is 19.4 Å². The lowest BCUT2D eigenvalue weighted by Crippen LogP contribution is -2.26. The second-order valence-electron chi connectivity index (χ2n) is 5.90. The standard InChI is InChI=1S/C15H22O2/c1-9-7-15(5,6)8-13(17)14(9)11(3)10(2)12(4)16/h7-8H2,1-6H3/b11-10+. The van der Waals surface area contributed by atoms with Crippen molar-refractivity contribution in [3.05, 3.63) is 22.3 Å². The second-order valence-corrected chi connectivity index (χ2v) is 5.90. The van der Waals surface area contributed by atoms with E-state index in [4.69, 9.17) is 0 Å². The number of rotatable bonds is 2. The Morgan fingerprint density at radius 3 is 2.06 bits per heavy atom. The van der Waals surface area contributed by atoms with Crippen LogP contribution in [0.3, 0.4) is 0 Å². The van der Waals surface area contributed by atoms with E-state index in [0.717, 1.165) is 23.1 Å². The summed E-state index contributed by atoms with van der Waals surface area (Å²) in [5, 5.41) is 0. The largest absolute Gasteiger partial charge is 0.295 e. The average molecular weight is 234 g/mol. The second kappa shape index (κ2) is 4.59. The monoisotopic (exact) mass is 234 g/mol. The molecule has 0 amide bonds. The number of allylic oxidation sites excluding steroid dienone is 4. The van der Waals surface area contributed by atoms with E-state index in [2.05, 4.69) is 13.8 Å². The Morgan fingerprint density at radius 2 is 1.65 bits per heavy atom. The molecular formula is C15H22O2. The molecule has 17 heavy (non-hydrogen) atoms. The van der Waals surface area contributed by atoms with Gasteiger partial charge in [0.15, 0.2) is 11.6 Å². The molecule has 2 nitrogen and oxygen atoms in total. The summed E-state index contributed by atoms with van der Waals surface area (Å²) in [5.41, 5.74) is 3.51. The predicted molar refractivity (Wildman–Crippen MR) is 69.8 cm³/mol. The third-order valence-electron chi connectivity index (χ3n) is 3.55. The summed E-state index contributed by atoms with van der Waals surface area (Å²) in [6.45, 7) is 11.5. The first-order valence-electron chi connectivity index (χ1n) is 6.07. The lowest BCUT2D eigenvalue weighted by molar-refractivity contribution is -0.117. The molecule has 0 N–H and O–H groups in total. The maximum Gasteiger partial charge on any atom is 0.163 e. The molecule has 0 aromatic carbocycles. The molecule has 2 heteroatoms. The van der Waals surface area contributed by atoms with Crippen molar-refractivity contribution < 1.29 is 9.59 Å². The average Bonchev–Trinajstić information content (AvgIpc) is 2.12. The smallest absolute Gasteiger partial charge is 0.163 e. The molecule has 0 unspecified atom stereocenters. The van der Waals surface area contributed by atoms with E-state index in [1.165, 1.54) is 0 Å². The van der Waals surface area contributed by atoms with E-state index in [1.54, 1.807) is 13.8 Å². The fourth-order valence-electron chi connectivity index (χ4n) is 2.61. The Kier molecular flexibility index (Phi) is 3.75. The van der Waals surface area contributed by atoms with Gasteiger partial charge in [-0.15, -0.1) is 0 Å². The molecule has 1 rings (SSSR count). The van der Waals surface area contributed by atoms with Crippen LogP contribution in [-0.4, -0.2) is 11.6 Å². The van der Waals surface area contributed by atoms with Gasteiger partial charge in [-0.2, -0.15) is 0 Å². The highest BCUT2D eigenvalue weighted by Gasteiger charge is 2.32. The molecule has 1 aliphatic carbocycles. The lowest BCUT2D eigenvalue weighted by Gasteiger charge is -2.31. The van der Waals surface area contributed by atoms with Gasteiger partial charge >= 0.3 is 0 Å². The number of ketones is 2. The van der Waals surface area contributed by atoms with E-state index in [1.807, 2.05) is 13.8 Å². The minimum Gasteiger partial charge on any atom is -0.295 e. The molecule has 1 aliphatic rings. The van der Waals surface area contributed by atoms with Gasteiger partial charge < -0.3 is 0 Å². The highest BCUT2D eigenvalue weighted by atomic mass is 16.1. The van der Waals surface area contributed by atoms with Crippen molar-refractivity contribution in [2.24, 2.45) is 5.41 Å². The van der Waals surface area contributed by atoms with Crippen molar-refractivity contribution in [2.45, 2.75) is 54.4 Å². The third kappa shape index (κ3) is 2.93. The molecule has 0 radical (unpaired) electrons. The topological polar surface area (TPSA) is 34.1 Å². The van der Waals surface area contributed by atoms with Gasteiger partial charge in [0.1, 0.15) is 0 Å². The van der Waals surface area contributed by atoms with Crippen molar-refractivity contribution in [2.75, 3.05) is 0 Å². The minimum absolute atomic E-state index is 0.0421. The van der Waals surface area contributed by atoms with Crippen LogP contribution in [0.15, 0.2) is 22.3 Å². The lowest BCUT2D eigenvalue weighted by atomic mass is 9.72. The van der Waals surface area contributed by atoms with Crippen LogP contribution in [0.5, 0.6) is 0 Å². The van der Waals surface area contributed by atoms with Crippen LogP contribution in [0, 0.1) is 5.41 Å². The van der Waals surface area contributed by atoms with Gasteiger partial charge in [0.05, 0.1) is 0 Å². The quantitative estimate of drug-likeness (QED) is 0.684. The van der Waals surface area contributed by atoms with Crippen molar-refractivity contribution in [1.29, 1.82) is 0 Å². The fourth-order valence-corrected chi connectivity index (χ4v) is 2.61. The summed E-state index contributed by atoms with van der Waals surface area (Å²) in [4.78, 5) is 23.6. The number of hydrogen-bond acceptors (Lipinski definition) is 2. The van der Waals surface area contributed by atoms with Crippen LogP contribution < -0.4 is 0 Å². The van der Waals surface area contributed by atoms with E-state index >= 15 is 0 Å². The first-order valence-corrected chi connectivity index (χ1v) is 6.07. The molecule has 0 aromatic rings. The van der Waals surface area contributed by atoms with Crippen LogP contribution >= 0.6 is 0 Å². The number of hydrogen-bond donors (Lipinski definition) is 0. The van der Waals surface area contributed by atoms with Crippen LogP contribution in [0.25, 0.3) is 0 Å². The number of Topliss-reactive ketones (excluding diaryl/α,β-unsaturated/α-hetero) is 2. The molecule has 0 saturated heterocycles. The normalized spacial score (nSPS) is 21.4. The van der Waals surface area contributed by atoms with Crippen molar-refractivity contribution in [1.82, 2.24) is 0 Å². The highest BCUT2D eigenvalue weighted by Crippen LogP contribution is 2.39. The van der Waals surface area contributed by atoms with E-state index in [9.17, 15) is 9.59 Å². The first-order chi connectivity index (χ1) is 7.65. The molecule has 0 spiro atoms. The fraction of sp³-hybridized carbons (Fsp3) is 0.600. The Balaban J connectivity index is 3.27. The summed E-state index contributed by atoms with van der Waals surface area (Å²) in [7, 11) is 0. The van der Waals surface area contributed by atoms with Crippen molar-refractivity contribution in [3.63, 3.8) is 0 Å². The van der Waals surface area contributed by atoms with Gasteiger partial charge in [0.25, 0.3) is 0 Å². The summed E-state index contributed by atoms with van der Waals surface area (Å²) < 4.78 is 0. The third-order valence-corrected chi connectivity index (χ3v) is 3.55. The SMILES string of the molecule is CC(=O)/C(C)=C(\C)C1=C(C)CC(C)(C)CC1=O. The van der Waals surface area contributed by atoms with Crippen LogP contribution in [-0.2, 0) is 9.59 Å². The first kappa shape index (κ1) is 13.9. The predicted octanol–water partition coefficient (Wildman–Crippen LogP) is 3.62. The molecule has 0 bridgehead atoms. The van der Waals surface area contributed by atoms with Crippen molar-refractivity contribution in [3.8, 4) is 0 Å². The van der Waals surface area contributed by atoms with Crippen LogP contribution in [0.2, 0.25) is 0 Å². The summed E-state index contributed by atoms with van der Waals surface area (Å²) in [6.07, 6.45) is 1.50. The summed E-state index contributed by atoms with van der Waals surface area (Å²) >= 11 is 0. The molecule has 0 fully saturated rings. The Labute approximate surface area is 104 Å². The van der Waals surface area contributed by atoms with Crippen molar-refractivity contribution >= 4 is 11.6 Å². The number of carbonyl (C=O) groups excluding carboxylic acids is 2. The zero-order valence-electron chi connectivity index (χ0n) is 11.7. The van der Waals surface area contributed by atoms with E-state index in [-0.39, 0.29) is 17.0 Å². The molecular weight excluding hydrogens is 212 g/mol. The number of carbonyl (C=O) groups is 2.